The normalized spacial score (nSPS) is 17.8. The molecule has 0 atom stereocenters. The molecule has 1 aromatic heterocycles. The third-order valence-electron chi connectivity index (χ3n) is 6.09. The van der Waals surface area contributed by atoms with E-state index in [1.807, 2.05) is 16.7 Å². The smallest absolute Gasteiger partial charge is 0.370 e. The van der Waals surface area contributed by atoms with E-state index in [0.717, 1.165) is 42.4 Å². The number of pyridine rings is 1. The van der Waals surface area contributed by atoms with Gasteiger partial charge in [0.2, 0.25) is 5.91 Å². The number of carbonyl (C=O) groups is 1. The molecule has 2 aliphatic heterocycles. The maximum Gasteiger partial charge on any atom is 0.417 e. The number of alkyl halides is 3. The average molecular weight is 499 g/mol. The zero-order valence-electron chi connectivity index (χ0n) is 18.1. The lowest BCUT2D eigenvalue weighted by Gasteiger charge is -2.32. The highest BCUT2D eigenvalue weighted by Gasteiger charge is 2.33. The Hall–Kier alpha value is -2.13. The number of amides is 1. The number of halogens is 4. The van der Waals surface area contributed by atoms with Gasteiger partial charge in [-0.25, -0.2) is 4.98 Å². The molecule has 0 unspecified atom stereocenters. The molecule has 1 amide bonds. The molecule has 1 N–H and O–H groups in total. The number of rotatable bonds is 5. The number of carbonyl (C=O) groups excluding carboxylic acids is 1. The van der Waals surface area contributed by atoms with Crippen LogP contribution in [0, 0.1) is 5.92 Å². The molecule has 3 heterocycles. The van der Waals surface area contributed by atoms with Crippen LogP contribution in [-0.2, 0) is 17.5 Å². The number of nitrogens with zero attached hydrogens (tertiary/aromatic N) is 3. The van der Waals surface area contributed by atoms with E-state index in [9.17, 15) is 18.0 Å². The first-order chi connectivity index (χ1) is 15.8. The minimum absolute atomic E-state index is 0.00161. The van der Waals surface area contributed by atoms with Gasteiger partial charge in [-0.05, 0) is 36.6 Å². The first-order valence-corrected chi connectivity index (χ1v) is 12.5. The summed E-state index contributed by atoms with van der Waals surface area (Å²) in [5, 5.41) is 2.99. The van der Waals surface area contributed by atoms with Crippen LogP contribution in [0.1, 0.15) is 24.0 Å². The third-order valence-corrected chi connectivity index (χ3v) is 7.31. The molecule has 33 heavy (non-hydrogen) atoms. The summed E-state index contributed by atoms with van der Waals surface area (Å²) in [7, 11) is 0. The van der Waals surface area contributed by atoms with Crippen molar-refractivity contribution < 1.29 is 18.0 Å². The van der Waals surface area contributed by atoms with Gasteiger partial charge in [0.15, 0.2) is 0 Å². The van der Waals surface area contributed by atoms with Crippen molar-refractivity contribution in [3.8, 4) is 0 Å². The van der Waals surface area contributed by atoms with Gasteiger partial charge in [-0.15, -0.1) is 0 Å². The van der Waals surface area contributed by atoms with E-state index in [-0.39, 0.29) is 16.8 Å². The quantitative estimate of drug-likeness (QED) is 0.639. The predicted octanol–water partition coefficient (Wildman–Crippen LogP) is 4.84. The molecule has 0 radical (unpaired) electrons. The van der Waals surface area contributed by atoms with Crippen LogP contribution in [-0.4, -0.2) is 48.6 Å². The van der Waals surface area contributed by atoms with Crippen LogP contribution < -0.4 is 15.1 Å². The van der Waals surface area contributed by atoms with E-state index in [2.05, 4.69) is 39.5 Å². The number of anilines is 2. The van der Waals surface area contributed by atoms with Crippen LogP contribution in [0.2, 0.25) is 5.02 Å². The number of hydrogen-bond donors (Lipinski definition) is 1. The third kappa shape index (κ3) is 6.06. The maximum absolute atomic E-state index is 12.8. The SMILES string of the molecule is O=C(NCc1ccc(N2CCSCC2)cc1)C1CCN(c2ncc(C(F)(F)F)cc2Cl)CC1. The van der Waals surface area contributed by atoms with Crippen LogP contribution in [0.25, 0.3) is 0 Å². The highest BCUT2D eigenvalue weighted by atomic mass is 35.5. The number of aromatic nitrogens is 1. The first kappa shape index (κ1) is 24.0. The summed E-state index contributed by atoms with van der Waals surface area (Å²) < 4.78 is 38.5. The molecule has 4 rings (SSSR count). The van der Waals surface area contributed by atoms with Gasteiger partial charge in [-0.3, -0.25) is 4.79 Å². The fourth-order valence-electron chi connectivity index (χ4n) is 4.15. The Bertz CT molecular complexity index is 959. The lowest BCUT2D eigenvalue weighted by molar-refractivity contribution is -0.137. The van der Waals surface area contributed by atoms with E-state index in [0.29, 0.717) is 38.3 Å². The van der Waals surface area contributed by atoms with Gasteiger partial charge in [0.25, 0.3) is 0 Å². The van der Waals surface area contributed by atoms with Crippen LogP contribution in [0.5, 0.6) is 0 Å². The monoisotopic (exact) mass is 498 g/mol. The van der Waals surface area contributed by atoms with Crippen molar-refractivity contribution in [3.63, 3.8) is 0 Å². The van der Waals surface area contributed by atoms with E-state index >= 15 is 0 Å². The first-order valence-electron chi connectivity index (χ1n) is 11.0. The summed E-state index contributed by atoms with van der Waals surface area (Å²) in [4.78, 5) is 20.8. The minimum Gasteiger partial charge on any atom is -0.370 e. The summed E-state index contributed by atoms with van der Waals surface area (Å²) in [6.07, 6.45) is -2.49. The molecule has 0 aliphatic carbocycles. The molecule has 0 saturated carbocycles. The number of benzene rings is 1. The van der Waals surface area contributed by atoms with Crippen LogP contribution >= 0.6 is 23.4 Å². The molecule has 178 valence electrons. The van der Waals surface area contributed by atoms with Gasteiger partial charge in [0.1, 0.15) is 5.82 Å². The predicted molar refractivity (Wildman–Crippen MR) is 127 cm³/mol. The minimum atomic E-state index is -4.48. The topological polar surface area (TPSA) is 48.5 Å². The van der Waals surface area contributed by atoms with Crippen molar-refractivity contribution in [2.45, 2.75) is 25.6 Å². The van der Waals surface area contributed by atoms with E-state index < -0.39 is 11.7 Å². The fraction of sp³-hybridized carbons (Fsp3) is 0.478. The van der Waals surface area contributed by atoms with Crippen LogP contribution in [0.3, 0.4) is 0 Å². The Kier molecular flexibility index (Phi) is 7.58. The van der Waals surface area contributed by atoms with Crippen LogP contribution in [0.4, 0.5) is 24.7 Å². The van der Waals surface area contributed by atoms with Crippen molar-refractivity contribution in [1.82, 2.24) is 10.3 Å². The number of piperidine rings is 1. The Morgan fingerprint density at radius 1 is 1.09 bits per heavy atom. The van der Waals surface area contributed by atoms with Gasteiger partial charge < -0.3 is 15.1 Å². The number of hydrogen-bond acceptors (Lipinski definition) is 5. The molecule has 1 aromatic carbocycles. The second-order valence-corrected chi connectivity index (χ2v) is 9.90. The highest BCUT2D eigenvalue weighted by molar-refractivity contribution is 7.99. The Balaban J connectivity index is 1.26. The summed E-state index contributed by atoms with van der Waals surface area (Å²) in [5.41, 5.74) is 1.40. The van der Waals surface area contributed by atoms with Crippen molar-refractivity contribution in [3.05, 3.63) is 52.7 Å². The van der Waals surface area contributed by atoms with Crippen molar-refractivity contribution >= 4 is 40.8 Å². The van der Waals surface area contributed by atoms with Gasteiger partial charge in [-0.1, -0.05) is 23.7 Å². The van der Waals surface area contributed by atoms with Crippen LogP contribution in [0.15, 0.2) is 36.5 Å². The molecule has 10 heteroatoms. The standard InChI is InChI=1S/C23H26ClF3N4OS/c24-20-13-18(23(25,26)27)15-28-21(20)31-7-5-17(6-8-31)22(32)29-14-16-1-3-19(4-2-16)30-9-11-33-12-10-30/h1-4,13,15,17H,5-12,14H2,(H,29,32). The zero-order valence-corrected chi connectivity index (χ0v) is 19.6. The second kappa shape index (κ2) is 10.4. The molecule has 2 aliphatic rings. The molecular formula is C23H26ClF3N4OS. The van der Waals surface area contributed by atoms with Gasteiger partial charge >= 0.3 is 6.18 Å². The molecule has 0 bridgehead atoms. The lowest BCUT2D eigenvalue weighted by Crippen LogP contribution is -2.40. The summed E-state index contributed by atoms with van der Waals surface area (Å²) in [5.74, 6) is 2.49. The molecular weight excluding hydrogens is 473 g/mol. The Labute approximate surface area is 200 Å². The molecule has 0 spiro atoms. The molecule has 2 fully saturated rings. The fourth-order valence-corrected chi connectivity index (χ4v) is 5.34. The van der Waals surface area contributed by atoms with E-state index in [4.69, 9.17) is 11.6 Å². The highest BCUT2D eigenvalue weighted by Crippen LogP contribution is 2.34. The lowest BCUT2D eigenvalue weighted by atomic mass is 9.95. The summed E-state index contributed by atoms with van der Waals surface area (Å²) in [6.45, 7) is 3.62. The van der Waals surface area contributed by atoms with Gasteiger partial charge in [0, 0.05) is 62.0 Å². The zero-order chi connectivity index (χ0) is 23.4. The van der Waals surface area contributed by atoms with Crippen molar-refractivity contribution in [2.24, 2.45) is 5.92 Å². The maximum atomic E-state index is 12.8. The van der Waals surface area contributed by atoms with Gasteiger partial charge in [-0.2, -0.15) is 24.9 Å². The Morgan fingerprint density at radius 2 is 1.76 bits per heavy atom. The largest absolute Gasteiger partial charge is 0.417 e. The number of nitrogens with one attached hydrogen (secondary N) is 1. The number of thioether (sulfide) groups is 1. The summed E-state index contributed by atoms with van der Waals surface area (Å²) >= 11 is 8.04. The van der Waals surface area contributed by atoms with E-state index in [1.54, 1.807) is 0 Å². The van der Waals surface area contributed by atoms with Gasteiger partial charge in [0.05, 0.1) is 10.6 Å². The van der Waals surface area contributed by atoms with Crippen molar-refractivity contribution in [1.29, 1.82) is 0 Å². The summed E-state index contributed by atoms with van der Waals surface area (Å²) in [6, 6.07) is 9.22. The molecule has 2 aromatic rings. The molecule has 5 nitrogen and oxygen atoms in total. The molecule has 2 saturated heterocycles. The second-order valence-electron chi connectivity index (χ2n) is 8.27. The Morgan fingerprint density at radius 3 is 2.36 bits per heavy atom. The average Bonchev–Trinajstić information content (AvgIpc) is 2.83. The van der Waals surface area contributed by atoms with Crippen molar-refractivity contribution in [2.75, 3.05) is 47.5 Å². The van der Waals surface area contributed by atoms with E-state index in [1.165, 1.54) is 5.69 Å².